The summed E-state index contributed by atoms with van der Waals surface area (Å²) in [5, 5.41) is 8.88. The van der Waals surface area contributed by atoms with Crippen molar-refractivity contribution in [2.75, 3.05) is 13.2 Å². The lowest BCUT2D eigenvalue weighted by Crippen LogP contribution is -2.00. The van der Waals surface area contributed by atoms with Crippen molar-refractivity contribution in [1.29, 1.82) is 0 Å². The molecule has 0 amide bonds. The fraction of sp³-hybridized carbons (Fsp3) is 0.467. The second kappa shape index (κ2) is 6.69. The van der Waals surface area contributed by atoms with Crippen LogP contribution in [0.25, 0.3) is 0 Å². The van der Waals surface area contributed by atoms with Crippen molar-refractivity contribution >= 4 is 0 Å². The highest BCUT2D eigenvalue weighted by atomic mass is 16.6. The zero-order valence-electron chi connectivity index (χ0n) is 10.7. The van der Waals surface area contributed by atoms with Gasteiger partial charge in [0.2, 0.25) is 0 Å². The molecule has 1 aromatic carbocycles. The third-order valence-corrected chi connectivity index (χ3v) is 3.05. The van der Waals surface area contributed by atoms with E-state index in [4.69, 9.17) is 14.6 Å². The number of hydrogen-bond acceptors (Lipinski definition) is 3. The summed E-state index contributed by atoms with van der Waals surface area (Å²) < 4.78 is 10.9. The maximum Gasteiger partial charge on any atom is 0.111 e. The Morgan fingerprint density at radius 2 is 2.17 bits per heavy atom. The molecule has 0 aliphatic carbocycles. The average Bonchev–Trinajstić information content (AvgIpc) is 3.19. The van der Waals surface area contributed by atoms with Crippen molar-refractivity contribution < 1.29 is 14.6 Å². The van der Waals surface area contributed by atoms with Crippen molar-refractivity contribution in [2.45, 2.75) is 32.2 Å². The highest BCUT2D eigenvalue weighted by molar-refractivity contribution is 5.15. The van der Waals surface area contributed by atoms with E-state index in [-0.39, 0.29) is 18.8 Å². The molecule has 0 unspecified atom stereocenters. The van der Waals surface area contributed by atoms with Gasteiger partial charge in [0.15, 0.2) is 0 Å². The highest BCUT2D eigenvalue weighted by Crippen LogP contribution is 2.28. The van der Waals surface area contributed by atoms with Gasteiger partial charge in [0.25, 0.3) is 0 Å². The standard InChI is InChI=1S/C15H20O3/c1-12(15-14(10-16)18-15)6-5-9-17-11-13-7-3-2-4-8-13/h2-4,6-8,14-16H,5,9-11H2,1H3/b12-6+/t14-,15+/m1/s1. The minimum Gasteiger partial charge on any atom is -0.394 e. The molecule has 0 bridgehead atoms. The predicted octanol–water partition coefficient (Wildman–Crippen LogP) is 2.30. The van der Waals surface area contributed by atoms with Gasteiger partial charge < -0.3 is 14.6 Å². The van der Waals surface area contributed by atoms with E-state index in [1.165, 1.54) is 11.1 Å². The fourth-order valence-corrected chi connectivity index (χ4v) is 1.93. The third-order valence-electron chi connectivity index (χ3n) is 3.05. The summed E-state index contributed by atoms with van der Waals surface area (Å²) in [4.78, 5) is 0. The summed E-state index contributed by atoms with van der Waals surface area (Å²) in [5.74, 6) is 0. The van der Waals surface area contributed by atoms with Crippen LogP contribution in [0.5, 0.6) is 0 Å². The molecule has 2 rings (SSSR count). The van der Waals surface area contributed by atoms with E-state index < -0.39 is 0 Å². The van der Waals surface area contributed by atoms with E-state index >= 15 is 0 Å². The zero-order chi connectivity index (χ0) is 12.8. The van der Waals surface area contributed by atoms with Crippen molar-refractivity contribution in [2.24, 2.45) is 0 Å². The Kier molecular flexibility index (Phi) is 4.93. The molecule has 3 heteroatoms. The van der Waals surface area contributed by atoms with Gasteiger partial charge >= 0.3 is 0 Å². The monoisotopic (exact) mass is 248 g/mol. The number of hydrogen-bond donors (Lipinski definition) is 1. The average molecular weight is 248 g/mol. The minimum atomic E-state index is 0.0199. The second-order valence-corrected chi connectivity index (χ2v) is 4.55. The van der Waals surface area contributed by atoms with Crippen molar-refractivity contribution in [3.8, 4) is 0 Å². The van der Waals surface area contributed by atoms with Crippen LogP contribution in [0.2, 0.25) is 0 Å². The van der Waals surface area contributed by atoms with Gasteiger partial charge in [-0.2, -0.15) is 0 Å². The van der Waals surface area contributed by atoms with E-state index in [2.05, 4.69) is 18.2 Å². The lowest BCUT2D eigenvalue weighted by atomic mass is 10.1. The van der Waals surface area contributed by atoms with E-state index in [0.29, 0.717) is 13.2 Å². The Morgan fingerprint density at radius 1 is 1.39 bits per heavy atom. The number of ether oxygens (including phenoxy) is 2. The normalized spacial score (nSPS) is 23.1. The second-order valence-electron chi connectivity index (χ2n) is 4.55. The first-order valence-electron chi connectivity index (χ1n) is 6.36. The molecule has 1 aliphatic rings. The summed E-state index contributed by atoms with van der Waals surface area (Å²) in [6.07, 6.45) is 3.16. The van der Waals surface area contributed by atoms with Gasteiger partial charge in [0, 0.05) is 0 Å². The van der Waals surface area contributed by atoms with Gasteiger partial charge in [-0.1, -0.05) is 36.4 Å². The van der Waals surface area contributed by atoms with Crippen LogP contribution in [0.3, 0.4) is 0 Å². The van der Waals surface area contributed by atoms with Gasteiger partial charge in [0.05, 0.1) is 19.8 Å². The maximum absolute atomic E-state index is 8.88. The van der Waals surface area contributed by atoms with E-state index in [0.717, 1.165) is 6.42 Å². The lowest BCUT2D eigenvalue weighted by molar-refractivity contribution is 0.125. The highest BCUT2D eigenvalue weighted by Gasteiger charge is 2.38. The smallest absolute Gasteiger partial charge is 0.111 e. The van der Waals surface area contributed by atoms with Crippen LogP contribution in [0, 0.1) is 0 Å². The summed E-state index contributed by atoms with van der Waals surface area (Å²) in [6, 6.07) is 10.2. The molecule has 0 saturated carbocycles. The van der Waals surface area contributed by atoms with Crippen LogP contribution in [0.1, 0.15) is 18.9 Å². The van der Waals surface area contributed by atoms with Crippen LogP contribution in [0.15, 0.2) is 42.0 Å². The molecular formula is C15H20O3. The van der Waals surface area contributed by atoms with E-state index in [9.17, 15) is 0 Å². The van der Waals surface area contributed by atoms with Gasteiger partial charge in [-0.3, -0.25) is 0 Å². The molecule has 0 aromatic heterocycles. The first-order valence-corrected chi connectivity index (χ1v) is 6.36. The molecular weight excluding hydrogens is 228 g/mol. The Balaban J connectivity index is 1.60. The minimum absolute atomic E-state index is 0.0199. The first-order chi connectivity index (χ1) is 8.81. The topological polar surface area (TPSA) is 42.0 Å². The Morgan fingerprint density at radius 3 is 2.83 bits per heavy atom. The number of benzene rings is 1. The number of epoxide rings is 1. The third kappa shape index (κ3) is 3.95. The number of rotatable bonds is 7. The van der Waals surface area contributed by atoms with Crippen LogP contribution in [-0.2, 0) is 16.1 Å². The quantitative estimate of drug-likeness (QED) is 0.457. The molecule has 98 valence electrons. The van der Waals surface area contributed by atoms with E-state index in [1.807, 2.05) is 25.1 Å². The Labute approximate surface area is 108 Å². The van der Waals surface area contributed by atoms with Gasteiger partial charge in [-0.15, -0.1) is 0 Å². The summed E-state index contributed by atoms with van der Waals surface area (Å²) in [5.41, 5.74) is 2.39. The molecule has 1 aromatic rings. The molecule has 1 aliphatic heterocycles. The molecule has 0 radical (unpaired) electrons. The number of aliphatic hydroxyl groups excluding tert-OH is 1. The molecule has 1 saturated heterocycles. The predicted molar refractivity (Wildman–Crippen MR) is 70.2 cm³/mol. The zero-order valence-corrected chi connectivity index (χ0v) is 10.7. The summed E-state index contributed by atoms with van der Waals surface area (Å²) in [6.45, 7) is 3.52. The fourth-order valence-electron chi connectivity index (χ4n) is 1.93. The van der Waals surface area contributed by atoms with Gasteiger partial charge in [0.1, 0.15) is 12.2 Å². The Hall–Kier alpha value is -1.16. The van der Waals surface area contributed by atoms with Crippen molar-refractivity contribution in [1.82, 2.24) is 0 Å². The number of aliphatic hydroxyl groups is 1. The molecule has 1 N–H and O–H groups in total. The Bertz CT molecular complexity index is 386. The SMILES string of the molecule is C/C(=C\CCOCc1ccccc1)[C@@H]1O[C@@H]1CO. The summed E-state index contributed by atoms with van der Waals surface area (Å²) >= 11 is 0. The van der Waals surface area contributed by atoms with E-state index in [1.54, 1.807) is 0 Å². The lowest BCUT2D eigenvalue weighted by Gasteiger charge is -2.02. The van der Waals surface area contributed by atoms with Crippen molar-refractivity contribution in [3.05, 3.63) is 47.5 Å². The van der Waals surface area contributed by atoms with Crippen LogP contribution < -0.4 is 0 Å². The first kappa shape index (κ1) is 13.3. The van der Waals surface area contributed by atoms with Gasteiger partial charge in [-0.05, 0) is 24.5 Å². The van der Waals surface area contributed by atoms with Crippen LogP contribution in [-0.4, -0.2) is 30.5 Å². The molecule has 0 spiro atoms. The molecule has 2 atom stereocenters. The molecule has 1 fully saturated rings. The van der Waals surface area contributed by atoms with Crippen LogP contribution >= 0.6 is 0 Å². The van der Waals surface area contributed by atoms with Crippen molar-refractivity contribution in [3.63, 3.8) is 0 Å². The maximum atomic E-state index is 8.88. The molecule has 3 nitrogen and oxygen atoms in total. The largest absolute Gasteiger partial charge is 0.394 e. The van der Waals surface area contributed by atoms with Crippen LogP contribution in [0.4, 0.5) is 0 Å². The molecule has 18 heavy (non-hydrogen) atoms. The van der Waals surface area contributed by atoms with Gasteiger partial charge in [-0.25, -0.2) is 0 Å². The molecule has 1 heterocycles. The summed E-state index contributed by atoms with van der Waals surface area (Å²) in [7, 11) is 0.